The molecule has 142 valence electrons. The first-order chi connectivity index (χ1) is 13.2. The average Bonchev–Trinajstić information content (AvgIpc) is 3.36. The molecule has 1 atom stereocenters. The predicted molar refractivity (Wildman–Crippen MR) is 103 cm³/mol. The van der Waals surface area contributed by atoms with E-state index in [1.54, 1.807) is 17.3 Å². The lowest BCUT2D eigenvalue weighted by Gasteiger charge is -2.31. The first-order valence-electron chi connectivity index (χ1n) is 9.26. The maximum atomic E-state index is 12.6. The van der Waals surface area contributed by atoms with Crippen LogP contribution in [-0.4, -0.2) is 46.6 Å². The largest absolute Gasteiger partial charge is 0.352 e. The molecule has 2 aliphatic rings. The number of anilines is 2. The molecular formula is C18H22N6O2S. The van der Waals surface area contributed by atoms with Gasteiger partial charge in [0.25, 0.3) is 0 Å². The third-order valence-electron chi connectivity index (χ3n) is 4.96. The van der Waals surface area contributed by atoms with Crippen LogP contribution in [0.2, 0.25) is 0 Å². The summed E-state index contributed by atoms with van der Waals surface area (Å²) in [5.41, 5.74) is 0.988. The number of nitrogens with one attached hydrogen (secondary N) is 1. The van der Waals surface area contributed by atoms with Crippen LogP contribution >= 0.6 is 11.3 Å². The van der Waals surface area contributed by atoms with E-state index in [0.29, 0.717) is 31.2 Å². The highest BCUT2D eigenvalue weighted by molar-refractivity contribution is 7.19. The van der Waals surface area contributed by atoms with Crippen LogP contribution in [0.5, 0.6) is 0 Å². The normalized spacial score (nSPS) is 20.1. The number of nitrogens with zero attached hydrogens (tertiary/aromatic N) is 5. The molecule has 1 N–H and O–H groups in total. The molecule has 0 aliphatic carbocycles. The van der Waals surface area contributed by atoms with Crippen molar-refractivity contribution in [1.29, 1.82) is 0 Å². The summed E-state index contributed by atoms with van der Waals surface area (Å²) >= 11 is 1.43. The lowest BCUT2D eigenvalue weighted by molar-refractivity contribution is -0.125. The Morgan fingerprint density at radius 1 is 1.26 bits per heavy atom. The van der Waals surface area contributed by atoms with Gasteiger partial charge in [0.2, 0.25) is 22.1 Å². The Morgan fingerprint density at radius 3 is 2.93 bits per heavy atom. The number of hydrogen-bond acceptors (Lipinski definition) is 7. The number of carbonyl (C=O) groups is 2. The molecule has 0 bridgehead atoms. The van der Waals surface area contributed by atoms with E-state index in [-0.39, 0.29) is 17.7 Å². The summed E-state index contributed by atoms with van der Waals surface area (Å²) in [7, 11) is 0. The van der Waals surface area contributed by atoms with Gasteiger partial charge >= 0.3 is 0 Å². The molecule has 2 amide bonds. The lowest BCUT2D eigenvalue weighted by atomic mass is 9.97. The van der Waals surface area contributed by atoms with Crippen molar-refractivity contribution in [1.82, 2.24) is 20.5 Å². The molecule has 2 aliphatic heterocycles. The van der Waals surface area contributed by atoms with Gasteiger partial charge in [-0.15, -0.1) is 10.2 Å². The zero-order valence-corrected chi connectivity index (χ0v) is 15.8. The summed E-state index contributed by atoms with van der Waals surface area (Å²) in [5.74, 6) is 0.100. The van der Waals surface area contributed by atoms with Crippen LogP contribution in [0.3, 0.4) is 0 Å². The van der Waals surface area contributed by atoms with Crippen molar-refractivity contribution in [3.63, 3.8) is 0 Å². The molecule has 2 fully saturated rings. The van der Waals surface area contributed by atoms with Gasteiger partial charge in [0.15, 0.2) is 0 Å². The van der Waals surface area contributed by atoms with Crippen molar-refractivity contribution < 1.29 is 9.59 Å². The van der Waals surface area contributed by atoms with Crippen molar-refractivity contribution in [3.8, 4) is 0 Å². The van der Waals surface area contributed by atoms with Gasteiger partial charge < -0.3 is 10.2 Å². The average molecular weight is 386 g/mol. The minimum absolute atomic E-state index is 0.0583. The van der Waals surface area contributed by atoms with Crippen LogP contribution in [0.1, 0.15) is 31.2 Å². The Bertz CT molecular complexity index is 811. The summed E-state index contributed by atoms with van der Waals surface area (Å²) in [5, 5.41) is 12.9. The Morgan fingerprint density at radius 2 is 2.15 bits per heavy atom. The van der Waals surface area contributed by atoms with Crippen molar-refractivity contribution in [2.24, 2.45) is 5.92 Å². The van der Waals surface area contributed by atoms with E-state index in [0.717, 1.165) is 36.5 Å². The van der Waals surface area contributed by atoms with Crippen molar-refractivity contribution in [3.05, 3.63) is 30.1 Å². The maximum absolute atomic E-state index is 12.6. The van der Waals surface area contributed by atoms with Crippen LogP contribution in [0, 0.1) is 5.92 Å². The fourth-order valence-corrected chi connectivity index (χ4v) is 4.42. The molecule has 8 nitrogen and oxygen atoms in total. The minimum Gasteiger partial charge on any atom is -0.352 e. The summed E-state index contributed by atoms with van der Waals surface area (Å²) < 4.78 is 0. The predicted octanol–water partition coefficient (Wildman–Crippen LogP) is 1.59. The zero-order valence-electron chi connectivity index (χ0n) is 15.0. The number of hydrogen-bond donors (Lipinski definition) is 1. The molecule has 1 unspecified atom stereocenters. The van der Waals surface area contributed by atoms with Crippen LogP contribution < -0.4 is 15.1 Å². The molecule has 2 aromatic heterocycles. The lowest BCUT2D eigenvalue weighted by Crippen LogP contribution is -2.43. The Labute approximate surface area is 161 Å². The van der Waals surface area contributed by atoms with Gasteiger partial charge in [-0.05, 0) is 30.9 Å². The van der Waals surface area contributed by atoms with Gasteiger partial charge in [0.05, 0.1) is 5.92 Å². The second kappa shape index (κ2) is 7.99. The Hall–Kier alpha value is -2.55. The van der Waals surface area contributed by atoms with Crippen LogP contribution in [0.25, 0.3) is 0 Å². The number of piperidine rings is 1. The van der Waals surface area contributed by atoms with E-state index in [4.69, 9.17) is 0 Å². The monoisotopic (exact) mass is 386 g/mol. The van der Waals surface area contributed by atoms with Crippen LogP contribution in [-0.2, 0) is 16.1 Å². The van der Waals surface area contributed by atoms with E-state index in [2.05, 4.69) is 25.4 Å². The van der Waals surface area contributed by atoms with Crippen molar-refractivity contribution in [2.45, 2.75) is 32.2 Å². The van der Waals surface area contributed by atoms with E-state index < -0.39 is 0 Å². The zero-order chi connectivity index (χ0) is 18.6. The number of rotatable bonds is 5. The van der Waals surface area contributed by atoms with Crippen molar-refractivity contribution >= 4 is 33.4 Å². The molecule has 0 radical (unpaired) electrons. The van der Waals surface area contributed by atoms with E-state index in [1.807, 2.05) is 12.1 Å². The fraction of sp³-hybridized carbons (Fsp3) is 0.500. The summed E-state index contributed by atoms with van der Waals surface area (Å²) in [6.07, 6.45) is 6.73. The van der Waals surface area contributed by atoms with Crippen molar-refractivity contribution in [2.75, 3.05) is 29.4 Å². The minimum atomic E-state index is -0.0730. The molecule has 0 aromatic carbocycles. The number of carbonyl (C=O) groups excluding carboxylic acids is 2. The molecule has 9 heteroatoms. The number of aromatic nitrogens is 3. The van der Waals surface area contributed by atoms with E-state index >= 15 is 0 Å². The SMILES string of the molecule is O=C(NCc1cccnc1)C1CCCN(c2nnc(N3CCCC3=O)s2)C1. The van der Waals surface area contributed by atoms with Crippen LogP contribution in [0.15, 0.2) is 24.5 Å². The molecule has 4 rings (SSSR count). The maximum Gasteiger partial charge on any atom is 0.228 e. The summed E-state index contributed by atoms with van der Waals surface area (Å²) in [6.45, 7) is 2.69. The van der Waals surface area contributed by atoms with Gasteiger partial charge in [-0.1, -0.05) is 17.4 Å². The highest BCUT2D eigenvalue weighted by atomic mass is 32.1. The van der Waals surface area contributed by atoms with Gasteiger partial charge in [-0.2, -0.15) is 0 Å². The van der Waals surface area contributed by atoms with E-state index in [1.165, 1.54) is 11.3 Å². The van der Waals surface area contributed by atoms with E-state index in [9.17, 15) is 9.59 Å². The molecular weight excluding hydrogens is 364 g/mol. The van der Waals surface area contributed by atoms with Crippen LogP contribution in [0.4, 0.5) is 10.3 Å². The Balaban J connectivity index is 1.36. The first-order valence-corrected chi connectivity index (χ1v) is 10.1. The number of amides is 2. The highest BCUT2D eigenvalue weighted by Crippen LogP contribution is 2.32. The third-order valence-corrected chi connectivity index (χ3v) is 5.97. The van der Waals surface area contributed by atoms with Gasteiger partial charge in [-0.3, -0.25) is 19.5 Å². The molecule has 0 saturated carbocycles. The van der Waals surface area contributed by atoms with Gasteiger partial charge in [0.1, 0.15) is 0 Å². The Kier molecular flexibility index (Phi) is 5.28. The quantitative estimate of drug-likeness (QED) is 0.839. The second-order valence-electron chi connectivity index (χ2n) is 6.88. The summed E-state index contributed by atoms with van der Waals surface area (Å²) in [6, 6.07) is 3.81. The summed E-state index contributed by atoms with van der Waals surface area (Å²) in [4.78, 5) is 32.3. The van der Waals surface area contributed by atoms with Gasteiger partial charge in [0, 0.05) is 45.0 Å². The second-order valence-corrected chi connectivity index (χ2v) is 7.81. The fourth-order valence-electron chi connectivity index (χ4n) is 3.50. The first kappa shape index (κ1) is 17.8. The molecule has 2 saturated heterocycles. The smallest absolute Gasteiger partial charge is 0.228 e. The highest BCUT2D eigenvalue weighted by Gasteiger charge is 2.29. The topological polar surface area (TPSA) is 91.3 Å². The molecule has 4 heterocycles. The molecule has 0 spiro atoms. The molecule has 2 aromatic rings. The third kappa shape index (κ3) is 4.08. The van der Waals surface area contributed by atoms with Gasteiger partial charge in [-0.25, -0.2) is 0 Å². The standard InChI is InChI=1S/C18H22N6O2S/c25-15-6-3-9-24(15)18-22-21-17(27-18)23-8-2-5-14(12-23)16(26)20-11-13-4-1-7-19-10-13/h1,4,7,10,14H,2-3,5-6,8-9,11-12H2,(H,20,26). The number of pyridine rings is 1. The molecule has 27 heavy (non-hydrogen) atoms.